The Labute approximate surface area is 133 Å². The van der Waals surface area contributed by atoms with Crippen LogP contribution in [0.3, 0.4) is 0 Å². The number of unbranched alkanes of at least 4 members (excludes halogenated alkanes) is 2. The van der Waals surface area contributed by atoms with Crippen molar-refractivity contribution < 1.29 is 0 Å². The molecule has 0 aromatic heterocycles. The van der Waals surface area contributed by atoms with E-state index in [9.17, 15) is 0 Å². The molecule has 3 heteroatoms. The van der Waals surface area contributed by atoms with Gasteiger partial charge in [-0.25, -0.2) is 0 Å². The van der Waals surface area contributed by atoms with Gasteiger partial charge in [-0.2, -0.15) is 0 Å². The molecule has 0 atom stereocenters. The van der Waals surface area contributed by atoms with E-state index in [1.807, 2.05) is 11.2 Å². The van der Waals surface area contributed by atoms with Crippen molar-refractivity contribution in [3.05, 3.63) is 36.4 Å². The highest BCUT2D eigenvalue weighted by Gasteiger charge is 2.18. The van der Waals surface area contributed by atoms with E-state index in [4.69, 9.17) is 4.99 Å². The Hall–Kier alpha value is -1.06. The monoisotopic (exact) mass is 315 g/mol. The minimum atomic E-state index is -1.23. The highest BCUT2D eigenvalue weighted by atomic mass is 32.4. The van der Waals surface area contributed by atoms with Gasteiger partial charge in [0.15, 0.2) is 0 Å². The van der Waals surface area contributed by atoms with Crippen LogP contribution in [0.4, 0.5) is 5.69 Å². The third-order valence-corrected chi connectivity index (χ3v) is 6.85. The van der Waals surface area contributed by atoms with E-state index < -0.39 is 7.22 Å². The summed E-state index contributed by atoms with van der Waals surface area (Å²) in [5.41, 5.74) is 1.16. The fourth-order valence-electron chi connectivity index (χ4n) is 2.23. The maximum Gasteiger partial charge on any atom is 0.114 e. The van der Waals surface area contributed by atoms with Gasteiger partial charge >= 0.3 is 0 Å². The second kappa shape index (κ2) is 7.28. The first-order valence-electron chi connectivity index (χ1n) is 7.74. The minimum absolute atomic E-state index is 1.07. The van der Waals surface area contributed by atoms with Gasteiger partial charge in [0.1, 0.15) is 7.22 Å². The summed E-state index contributed by atoms with van der Waals surface area (Å²) >= 11 is 2.03. The summed E-state index contributed by atoms with van der Waals surface area (Å²) in [6, 6.07) is 13.0. The molecule has 0 saturated heterocycles. The van der Waals surface area contributed by atoms with Crippen molar-refractivity contribution >= 4 is 41.1 Å². The topological polar surface area (TPSA) is 12.4 Å². The summed E-state index contributed by atoms with van der Waals surface area (Å²) in [5, 5.41) is 2.55. The number of rotatable bonds is 6. The van der Waals surface area contributed by atoms with Crippen LogP contribution in [0.15, 0.2) is 46.3 Å². The lowest BCUT2D eigenvalue weighted by atomic mass is 10.1. The first-order chi connectivity index (χ1) is 10.0. The number of benzene rings is 2. The number of hydrogen-bond donors (Lipinski definition) is 0. The highest BCUT2D eigenvalue weighted by molar-refractivity contribution is 8.28. The van der Waals surface area contributed by atoms with Gasteiger partial charge < -0.3 is 0 Å². The van der Waals surface area contributed by atoms with Crippen molar-refractivity contribution in [3.63, 3.8) is 0 Å². The summed E-state index contributed by atoms with van der Waals surface area (Å²) in [7, 11) is -1.23. The largest absolute Gasteiger partial charge is 0.259 e. The lowest BCUT2D eigenvalue weighted by Crippen LogP contribution is -2.13. The van der Waals surface area contributed by atoms with Gasteiger partial charge in [0.2, 0.25) is 0 Å². The summed E-state index contributed by atoms with van der Waals surface area (Å²) < 4.78 is 0. The third kappa shape index (κ3) is 4.72. The van der Waals surface area contributed by atoms with Gasteiger partial charge in [0.05, 0.1) is 5.69 Å². The summed E-state index contributed by atoms with van der Waals surface area (Å²) in [4.78, 5) is 6.17. The maximum absolute atomic E-state index is 4.83. The fourth-order valence-corrected chi connectivity index (χ4v) is 5.76. The molecule has 0 unspecified atom stereocenters. The van der Waals surface area contributed by atoms with E-state index >= 15 is 0 Å². The zero-order chi connectivity index (χ0) is 15.3. The van der Waals surface area contributed by atoms with Crippen molar-refractivity contribution in [2.75, 3.05) is 0 Å². The molecule has 2 aromatic rings. The SMILES string of the molecule is CCCC/C=N/c1c(S[Si](C)(C)C)ccc2ccccc12. The average Bonchev–Trinajstić information content (AvgIpc) is 2.43. The first-order valence-corrected chi connectivity index (χ1v) is 12.8. The van der Waals surface area contributed by atoms with Crippen LogP contribution in [-0.2, 0) is 0 Å². The normalized spacial score (nSPS) is 12.4. The fraction of sp³-hybridized carbons (Fsp3) is 0.389. The standard InChI is InChI=1S/C18H25NSSi/c1-5-6-9-14-19-18-16-11-8-7-10-15(16)12-13-17(18)20-21(2,3)4/h7-8,10-14H,5-6,9H2,1-4H3/b19-14+. The van der Waals surface area contributed by atoms with Crippen LogP contribution in [0.5, 0.6) is 0 Å². The van der Waals surface area contributed by atoms with Crippen molar-refractivity contribution in [1.29, 1.82) is 0 Å². The van der Waals surface area contributed by atoms with E-state index in [1.54, 1.807) is 0 Å². The number of nitrogens with zero attached hydrogens (tertiary/aromatic N) is 1. The predicted octanol–water partition coefficient (Wildman–Crippen LogP) is 6.66. The molecule has 0 radical (unpaired) electrons. The van der Waals surface area contributed by atoms with Crippen LogP contribution >= 0.6 is 11.2 Å². The van der Waals surface area contributed by atoms with Crippen LogP contribution < -0.4 is 0 Å². The van der Waals surface area contributed by atoms with Gasteiger partial charge in [0, 0.05) is 16.5 Å². The molecule has 0 bridgehead atoms. The molecule has 112 valence electrons. The molecule has 2 rings (SSSR count). The van der Waals surface area contributed by atoms with E-state index in [2.05, 4.69) is 69.2 Å². The van der Waals surface area contributed by atoms with Crippen LogP contribution in [0.1, 0.15) is 26.2 Å². The van der Waals surface area contributed by atoms with Crippen LogP contribution in [0, 0.1) is 0 Å². The van der Waals surface area contributed by atoms with Crippen LogP contribution in [0.2, 0.25) is 19.6 Å². The number of aliphatic imine (C=N–C) groups is 1. The van der Waals surface area contributed by atoms with Gasteiger partial charge in [-0.1, -0.05) is 63.3 Å². The number of fused-ring (bicyclic) bond motifs is 1. The van der Waals surface area contributed by atoms with Gasteiger partial charge in [-0.3, -0.25) is 4.99 Å². The van der Waals surface area contributed by atoms with Gasteiger partial charge in [0.25, 0.3) is 0 Å². The zero-order valence-corrected chi connectivity index (χ0v) is 15.3. The van der Waals surface area contributed by atoms with Crippen molar-refractivity contribution in [3.8, 4) is 0 Å². The van der Waals surface area contributed by atoms with Crippen molar-refractivity contribution in [1.82, 2.24) is 0 Å². The molecule has 0 saturated carbocycles. The van der Waals surface area contributed by atoms with Crippen LogP contribution in [-0.4, -0.2) is 13.4 Å². The molecule has 2 aromatic carbocycles. The summed E-state index contributed by atoms with van der Waals surface area (Å²) in [6.07, 6.45) is 5.60. The first kappa shape index (κ1) is 16.3. The quantitative estimate of drug-likeness (QED) is 0.330. The Morgan fingerprint density at radius 3 is 2.57 bits per heavy atom. The highest BCUT2D eigenvalue weighted by Crippen LogP contribution is 2.40. The number of hydrogen-bond acceptors (Lipinski definition) is 2. The smallest absolute Gasteiger partial charge is 0.114 e. The van der Waals surface area contributed by atoms with Gasteiger partial charge in [-0.05, 0) is 24.3 Å². The summed E-state index contributed by atoms with van der Waals surface area (Å²) in [5.74, 6) is 0. The molecule has 0 fully saturated rings. The van der Waals surface area contributed by atoms with E-state index in [-0.39, 0.29) is 0 Å². The Bertz CT molecular complexity index is 629. The summed E-state index contributed by atoms with van der Waals surface area (Å²) in [6.45, 7) is 9.38. The zero-order valence-electron chi connectivity index (χ0n) is 13.5. The van der Waals surface area contributed by atoms with Crippen molar-refractivity contribution in [2.45, 2.75) is 50.7 Å². The lowest BCUT2D eigenvalue weighted by Gasteiger charge is -2.17. The van der Waals surface area contributed by atoms with E-state index in [1.165, 1.54) is 28.5 Å². The van der Waals surface area contributed by atoms with Crippen molar-refractivity contribution in [2.24, 2.45) is 4.99 Å². The molecule has 0 aliphatic rings. The second-order valence-electron chi connectivity index (χ2n) is 6.30. The van der Waals surface area contributed by atoms with Gasteiger partial charge in [-0.15, -0.1) is 11.2 Å². The average molecular weight is 316 g/mol. The predicted molar refractivity (Wildman–Crippen MR) is 101 cm³/mol. The Morgan fingerprint density at radius 2 is 1.86 bits per heavy atom. The van der Waals surface area contributed by atoms with E-state index in [0.29, 0.717) is 0 Å². The Kier molecular flexibility index (Phi) is 5.65. The minimum Gasteiger partial charge on any atom is -0.259 e. The van der Waals surface area contributed by atoms with Crippen LogP contribution in [0.25, 0.3) is 10.8 Å². The second-order valence-corrected chi connectivity index (χ2v) is 15.5. The molecule has 0 amide bonds. The molecule has 0 spiro atoms. The Balaban J connectivity index is 2.44. The molecule has 0 aliphatic heterocycles. The molecular weight excluding hydrogens is 290 g/mol. The maximum atomic E-state index is 4.83. The molecule has 0 heterocycles. The third-order valence-electron chi connectivity index (χ3n) is 3.19. The molecule has 0 N–H and O–H groups in total. The molecular formula is C18H25NSSi. The molecule has 1 nitrogen and oxygen atoms in total. The molecule has 0 aliphatic carbocycles. The van der Waals surface area contributed by atoms with E-state index in [0.717, 1.165) is 12.1 Å². The lowest BCUT2D eigenvalue weighted by molar-refractivity contribution is 0.842. The Morgan fingerprint density at radius 1 is 1.10 bits per heavy atom. The molecule has 21 heavy (non-hydrogen) atoms.